The zero-order valence-corrected chi connectivity index (χ0v) is 15.8. The minimum absolute atomic E-state index is 0.100. The number of nitrogens with zero attached hydrogens (tertiary/aromatic N) is 1. The zero-order valence-electron chi connectivity index (χ0n) is 15.8. The first-order valence-corrected chi connectivity index (χ1v) is 8.42. The molecule has 0 fully saturated rings. The largest absolute Gasteiger partial charge is 0.493 e. The summed E-state index contributed by atoms with van der Waals surface area (Å²) in [7, 11) is 1.50. The number of hydrogen-bond donors (Lipinski definition) is 2. The van der Waals surface area contributed by atoms with Crippen molar-refractivity contribution in [1.82, 2.24) is 10.7 Å². The molecule has 0 aliphatic carbocycles. The molecular formula is C19H23N3O5. The lowest BCUT2D eigenvalue weighted by atomic mass is 10.2. The van der Waals surface area contributed by atoms with Crippen molar-refractivity contribution in [2.24, 2.45) is 5.10 Å². The summed E-state index contributed by atoms with van der Waals surface area (Å²) in [6.45, 7) is 5.76. The normalized spacial score (nSPS) is 10.7. The predicted molar refractivity (Wildman–Crippen MR) is 100 cm³/mol. The number of nitrogens with one attached hydrogen (secondary N) is 2. The van der Waals surface area contributed by atoms with Crippen LogP contribution in [0.3, 0.4) is 0 Å². The van der Waals surface area contributed by atoms with Gasteiger partial charge in [0.1, 0.15) is 11.5 Å². The van der Waals surface area contributed by atoms with E-state index in [1.165, 1.54) is 13.3 Å². The highest BCUT2D eigenvalue weighted by molar-refractivity contribution is 5.95. The molecule has 2 N–H and O–H groups in total. The van der Waals surface area contributed by atoms with Gasteiger partial charge in [-0.25, -0.2) is 5.43 Å². The van der Waals surface area contributed by atoms with E-state index in [1.54, 1.807) is 38.1 Å². The van der Waals surface area contributed by atoms with Gasteiger partial charge in [-0.3, -0.25) is 9.59 Å². The second-order valence-electron chi connectivity index (χ2n) is 5.68. The van der Waals surface area contributed by atoms with E-state index in [0.717, 1.165) is 0 Å². The third-order valence-electron chi connectivity index (χ3n) is 3.59. The van der Waals surface area contributed by atoms with Crippen LogP contribution in [0.5, 0.6) is 11.5 Å². The van der Waals surface area contributed by atoms with Crippen LogP contribution in [-0.4, -0.2) is 38.3 Å². The zero-order chi connectivity index (χ0) is 19.8. The Labute approximate surface area is 157 Å². The molecule has 1 heterocycles. The molecule has 0 bridgehead atoms. The summed E-state index contributed by atoms with van der Waals surface area (Å²) in [4.78, 5) is 23.6. The van der Waals surface area contributed by atoms with Crippen molar-refractivity contribution < 1.29 is 23.5 Å². The quantitative estimate of drug-likeness (QED) is 0.545. The van der Waals surface area contributed by atoms with Crippen LogP contribution in [0.15, 0.2) is 33.8 Å². The van der Waals surface area contributed by atoms with Crippen LogP contribution in [0.4, 0.5) is 0 Å². The van der Waals surface area contributed by atoms with Crippen molar-refractivity contribution in [3.8, 4) is 11.5 Å². The van der Waals surface area contributed by atoms with Gasteiger partial charge in [0.05, 0.1) is 18.9 Å². The Morgan fingerprint density at radius 1 is 1.22 bits per heavy atom. The summed E-state index contributed by atoms with van der Waals surface area (Å²) < 4.78 is 16.1. The molecule has 1 aromatic carbocycles. The van der Waals surface area contributed by atoms with E-state index >= 15 is 0 Å². The van der Waals surface area contributed by atoms with Crippen LogP contribution in [0.1, 0.15) is 34.4 Å². The molecule has 0 spiro atoms. The SMILES string of the molecule is CCNC(=O)COc1ccc(/C=N\NC(=O)c2cc(C)oc2C)cc1OC. The van der Waals surface area contributed by atoms with Gasteiger partial charge in [-0.15, -0.1) is 0 Å². The van der Waals surface area contributed by atoms with Crippen molar-refractivity contribution in [1.29, 1.82) is 0 Å². The van der Waals surface area contributed by atoms with Crippen molar-refractivity contribution in [3.05, 3.63) is 46.9 Å². The number of amides is 2. The highest BCUT2D eigenvalue weighted by Gasteiger charge is 2.12. The van der Waals surface area contributed by atoms with Gasteiger partial charge >= 0.3 is 0 Å². The topological polar surface area (TPSA) is 102 Å². The molecular weight excluding hydrogens is 350 g/mol. The second kappa shape index (κ2) is 9.42. The van der Waals surface area contributed by atoms with Crippen molar-refractivity contribution in [2.75, 3.05) is 20.3 Å². The van der Waals surface area contributed by atoms with E-state index in [1.807, 2.05) is 6.92 Å². The average molecular weight is 373 g/mol. The highest BCUT2D eigenvalue weighted by Crippen LogP contribution is 2.27. The molecule has 2 rings (SSSR count). The lowest BCUT2D eigenvalue weighted by molar-refractivity contribution is -0.123. The fourth-order valence-corrected chi connectivity index (χ4v) is 2.36. The van der Waals surface area contributed by atoms with Crippen molar-refractivity contribution in [3.63, 3.8) is 0 Å². The summed E-state index contributed by atoms with van der Waals surface area (Å²) in [5.41, 5.74) is 3.59. The van der Waals surface area contributed by atoms with Crippen LogP contribution in [0, 0.1) is 13.8 Å². The molecule has 0 saturated heterocycles. The summed E-state index contributed by atoms with van der Waals surface area (Å²) in [6.07, 6.45) is 1.48. The number of aryl methyl sites for hydroxylation is 2. The fourth-order valence-electron chi connectivity index (χ4n) is 2.36. The number of hydrogen-bond acceptors (Lipinski definition) is 6. The minimum Gasteiger partial charge on any atom is -0.493 e. The molecule has 8 heteroatoms. The number of ether oxygens (including phenoxy) is 2. The van der Waals surface area contributed by atoms with Crippen molar-refractivity contribution >= 4 is 18.0 Å². The molecule has 27 heavy (non-hydrogen) atoms. The molecule has 0 aliphatic heterocycles. The van der Waals surface area contributed by atoms with Gasteiger partial charge in [0.25, 0.3) is 11.8 Å². The second-order valence-corrected chi connectivity index (χ2v) is 5.68. The Hall–Kier alpha value is -3.29. The van der Waals surface area contributed by atoms with Gasteiger partial charge in [0.2, 0.25) is 0 Å². The molecule has 8 nitrogen and oxygen atoms in total. The molecule has 0 aliphatic rings. The maximum Gasteiger partial charge on any atom is 0.274 e. The molecule has 1 aromatic heterocycles. The van der Waals surface area contributed by atoms with E-state index in [-0.39, 0.29) is 18.4 Å². The Bertz CT molecular complexity index is 842. The smallest absolute Gasteiger partial charge is 0.274 e. The number of rotatable bonds is 8. The van der Waals surface area contributed by atoms with Gasteiger partial charge in [-0.2, -0.15) is 5.10 Å². The molecule has 0 radical (unpaired) electrons. The summed E-state index contributed by atoms with van der Waals surface area (Å²) >= 11 is 0. The third kappa shape index (κ3) is 5.60. The van der Waals surface area contributed by atoms with Gasteiger partial charge in [-0.05, 0) is 50.6 Å². The lowest BCUT2D eigenvalue weighted by Crippen LogP contribution is -2.28. The number of likely N-dealkylation sites (N-methyl/N-ethyl adjacent to an activating group) is 1. The number of carbonyl (C=O) groups excluding carboxylic acids is 2. The Kier molecular flexibility index (Phi) is 6.99. The average Bonchev–Trinajstić information content (AvgIpc) is 2.98. The first-order valence-electron chi connectivity index (χ1n) is 8.42. The number of furan rings is 1. The maximum absolute atomic E-state index is 12.1. The van der Waals surface area contributed by atoms with E-state index in [2.05, 4.69) is 15.8 Å². The van der Waals surface area contributed by atoms with E-state index in [0.29, 0.717) is 40.7 Å². The van der Waals surface area contributed by atoms with Crippen LogP contribution in [0.25, 0.3) is 0 Å². The lowest BCUT2D eigenvalue weighted by Gasteiger charge is -2.11. The Morgan fingerprint density at radius 3 is 2.63 bits per heavy atom. The van der Waals surface area contributed by atoms with E-state index in [9.17, 15) is 9.59 Å². The minimum atomic E-state index is -0.352. The molecule has 0 unspecified atom stereocenters. The standard InChI is InChI=1S/C19H23N3O5/c1-5-20-18(23)11-26-16-7-6-14(9-17(16)25-4)10-21-22-19(24)15-8-12(2)27-13(15)3/h6-10H,5,11H2,1-4H3,(H,20,23)(H,22,24)/b21-10-. The first kappa shape index (κ1) is 20.0. The number of carbonyl (C=O) groups is 2. The van der Waals surface area contributed by atoms with Gasteiger partial charge in [0, 0.05) is 6.54 Å². The van der Waals surface area contributed by atoms with Gasteiger partial charge in [-0.1, -0.05) is 0 Å². The summed E-state index contributed by atoms with van der Waals surface area (Å²) in [5.74, 6) is 1.53. The maximum atomic E-state index is 12.1. The van der Waals surface area contributed by atoms with E-state index in [4.69, 9.17) is 13.9 Å². The number of benzene rings is 1. The van der Waals surface area contributed by atoms with Crippen LogP contribution < -0.4 is 20.2 Å². The van der Waals surface area contributed by atoms with Crippen LogP contribution >= 0.6 is 0 Å². The Morgan fingerprint density at radius 2 is 2.00 bits per heavy atom. The summed E-state index contributed by atoms with van der Waals surface area (Å²) in [5, 5.41) is 6.59. The fraction of sp³-hybridized carbons (Fsp3) is 0.316. The van der Waals surface area contributed by atoms with Gasteiger partial charge in [0.15, 0.2) is 18.1 Å². The van der Waals surface area contributed by atoms with Crippen molar-refractivity contribution in [2.45, 2.75) is 20.8 Å². The van der Waals surface area contributed by atoms with E-state index < -0.39 is 0 Å². The highest BCUT2D eigenvalue weighted by atomic mass is 16.5. The molecule has 0 atom stereocenters. The molecule has 2 amide bonds. The predicted octanol–water partition coefficient (Wildman–Crippen LogP) is 2.18. The molecule has 144 valence electrons. The van der Waals surface area contributed by atoms with Gasteiger partial charge < -0.3 is 19.2 Å². The number of methoxy groups -OCH3 is 1. The summed E-state index contributed by atoms with van der Waals surface area (Å²) in [6, 6.07) is 6.75. The third-order valence-corrected chi connectivity index (χ3v) is 3.59. The van der Waals surface area contributed by atoms with Crippen LogP contribution in [-0.2, 0) is 4.79 Å². The van der Waals surface area contributed by atoms with Crippen LogP contribution in [0.2, 0.25) is 0 Å². The first-order chi connectivity index (χ1) is 12.9. The monoisotopic (exact) mass is 373 g/mol. The molecule has 2 aromatic rings. The molecule has 0 saturated carbocycles. The Balaban J connectivity index is 2.00. The number of hydrazone groups is 1.